The van der Waals surface area contributed by atoms with Gasteiger partial charge in [-0.25, -0.2) is 4.39 Å². The van der Waals surface area contributed by atoms with Crippen molar-refractivity contribution in [2.24, 2.45) is 0 Å². The number of rotatable bonds is 5. The highest BCUT2D eigenvalue weighted by atomic mass is 19.1. The van der Waals surface area contributed by atoms with E-state index in [1.54, 1.807) is 12.1 Å². The molecule has 2 atom stereocenters. The molecule has 1 heterocycles. The van der Waals surface area contributed by atoms with Crippen LogP contribution in [0.2, 0.25) is 0 Å². The number of carbonyl (C=O) groups is 1. The molecule has 1 aromatic rings. The molecule has 1 fully saturated rings. The summed E-state index contributed by atoms with van der Waals surface area (Å²) in [5.74, 6) is -0.118. The summed E-state index contributed by atoms with van der Waals surface area (Å²) < 4.78 is 13.1. The van der Waals surface area contributed by atoms with E-state index in [0.717, 1.165) is 25.2 Å². The number of benzene rings is 1. The molecule has 0 aliphatic carbocycles. The Morgan fingerprint density at radius 1 is 1.45 bits per heavy atom. The van der Waals surface area contributed by atoms with E-state index in [1.807, 2.05) is 18.7 Å². The molecule has 1 aromatic carbocycles. The van der Waals surface area contributed by atoms with Crippen molar-refractivity contribution in [3.8, 4) is 0 Å². The van der Waals surface area contributed by atoms with E-state index in [-0.39, 0.29) is 17.8 Å². The fraction of sp³-hybridized carbons (Fsp3) is 0.588. The summed E-state index contributed by atoms with van der Waals surface area (Å²) in [5.41, 5.74) is 0.963. The summed E-state index contributed by atoms with van der Waals surface area (Å²) in [6, 6.07) is 6.73. The standard InChI is InChI=1S/C17H26FN3O/c1-4-21(14(3)15-5-7-16(18)8-6-15)17(22)12-20-10-9-19-11-13(20)2/h5-8,13-14,19H,4,9-12H2,1-3H3/t13-,14?/m0/s1. The SMILES string of the molecule is CCN(C(=O)CN1CCNC[C@@H]1C)C(C)c1ccc(F)cc1. The number of nitrogens with zero attached hydrogens (tertiary/aromatic N) is 2. The van der Waals surface area contributed by atoms with Crippen molar-refractivity contribution in [1.82, 2.24) is 15.1 Å². The van der Waals surface area contributed by atoms with Crippen LogP contribution in [0.15, 0.2) is 24.3 Å². The molecule has 4 nitrogen and oxygen atoms in total. The van der Waals surface area contributed by atoms with Crippen molar-refractivity contribution in [3.63, 3.8) is 0 Å². The molecular weight excluding hydrogens is 281 g/mol. The van der Waals surface area contributed by atoms with E-state index in [4.69, 9.17) is 0 Å². The molecule has 0 spiro atoms. The molecule has 1 aliphatic heterocycles. The molecule has 1 unspecified atom stereocenters. The van der Waals surface area contributed by atoms with Crippen LogP contribution in [0.4, 0.5) is 4.39 Å². The van der Waals surface area contributed by atoms with E-state index in [0.29, 0.717) is 19.1 Å². The largest absolute Gasteiger partial charge is 0.335 e. The average molecular weight is 307 g/mol. The molecule has 1 N–H and O–H groups in total. The zero-order valence-corrected chi connectivity index (χ0v) is 13.7. The predicted octanol–water partition coefficient (Wildman–Crippen LogP) is 2.03. The second kappa shape index (κ2) is 7.70. The Labute approximate surface area is 132 Å². The quantitative estimate of drug-likeness (QED) is 0.904. The third-order valence-electron chi connectivity index (χ3n) is 4.46. The Kier molecular flexibility index (Phi) is 5.91. The Balaban J connectivity index is 2.03. The van der Waals surface area contributed by atoms with Gasteiger partial charge in [0.1, 0.15) is 5.82 Å². The van der Waals surface area contributed by atoms with Gasteiger partial charge < -0.3 is 10.2 Å². The second-order valence-electron chi connectivity index (χ2n) is 5.93. The molecule has 0 aromatic heterocycles. The highest BCUT2D eigenvalue weighted by Crippen LogP contribution is 2.21. The van der Waals surface area contributed by atoms with Crippen LogP contribution < -0.4 is 5.32 Å². The van der Waals surface area contributed by atoms with Gasteiger partial charge in [0.2, 0.25) is 5.91 Å². The van der Waals surface area contributed by atoms with Crippen molar-refractivity contribution in [3.05, 3.63) is 35.6 Å². The zero-order chi connectivity index (χ0) is 16.1. The van der Waals surface area contributed by atoms with Crippen LogP contribution >= 0.6 is 0 Å². The van der Waals surface area contributed by atoms with Gasteiger partial charge in [-0.3, -0.25) is 9.69 Å². The Morgan fingerprint density at radius 3 is 2.73 bits per heavy atom. The molecule has 1 aliphatic rings. The third kappa shape index (κ3) is 4.05. The van der Waals surface area contributed by atoms with Crippen molar-refractivity contribution in [2.45, 2.75) is 32.9 Å². The maximum Gasteiger partial charge on any atom is 0.237 e. The van der Waals surface area contributed by atoms with E-state index in [2.05, 4.69) is 17.1 Å². The van der Waals surface area contributed by atoms with E-state index >= 15 is 0 Å². The molecule has 5 heteroatoms. The third-order valence-corrected chi connectivity index (χ3v) is 4.46. The minimum absolute atomic E-state index is 0.0451. The zero-order valence-electron chi connectivity index (χ0n) is 13.7. The maximum atomic E-state index is 13.1. The number of hydrogen-bond donors (Lipinski definition) is 1. The summed E-state index contributed by atoms with van der Waals surface area (Å²) >= 11 is 0. The number of likely N-dealkylation sites (N-methyl/N-ethyl adjacent to an activating group) is 1. The van der Waals surface area contributed by atoms with Gasteiger partial charge in [-0.05, 0) is 38.5 Å². The number of hydrogen-bond acceptors (Lipinski definition) is 3. The van der Waals surface area contributed by atoms with Gasteiger partial charge in [0.15, 0.2) is 0 Å². The smallest absolute Gasteiger partial charge is 0.237 e. The van der Waals surface area contributed by atoms with E-state index in [1.165, 1.54) is 12.1 Å². The molecule has 1 saturated heterocycles. The fourth-order valence-corrected chi connectivity index (χ4v) is 2.97. The van der Waals surface area contributed by atoms with Gasteiger partial charge in [-0.2, -0.15) is 0 Å². The number of nitrogens with one attached hydrogen (secondary N) is 1. The van der Waals surface area contributed by atoms with Crippen molar-refractivity contribution in [2.75, 3.05) is 32.7 Å². The van der Waals surface area contributed by atoms with Crippen LogP contribution in [0.25, 0.3) is 0 Å². The van der Waals surface area contributed by atoms with Crippen LogP contribution in [0, 0.1) is 5.82 Å². The lowest BCUT2D eigenvalue weighted by Gasteiger charge is -2.36. The van der Waals surface area contributed by atoms with Gasteiger partial charge in [0.25, 0.3) is 0 Å². The lowest BCUT2D eigenvalue weighted by Crippen LogP contribution is -2.53. The highest BCUT2D eigenvalue weighted by Gasteiger charge is 2.25. The monoisotopic (exact) mass is 307 g/mol. The lowest BCUT2D eigenvalue weighted by atomic mass is 10.1. The summed E-state index contributed by atoms with van der Waals surface area (Å²) in [4.78, 5) is 16.7. The fourth-order valence-electron chi connectivity index (χ4n) is 2.97. The normalized spacial score (nSPS) is 20.6. The first-order valence-electron chi connectivity index (χ1n) is 8.02. The highest BCUT2D eigenvalue weighted by molar-refractivity contribution is 5.78. The lowest BCUT2D eigenvalue weighted by molar-refractivity contribution is -0.135. The number of halogens is 1. The first-order chi connectivity index (χ1) is 10.5. The summed E-state index contributed by atoms with van der Waals surface area (Å²) in [7, 11) is 0. The summed E-state index contributed by atoms with van der Waals surface area (Å²) in [6.45, 7) is 9.97. The Hall–Kier alpha value is -1.46. The van der Waals surface area contributed by atoms with Crippen molar-refractivity contribution >= 4 is 5.91 Å². The molecule has 22 heavy (non-hydrogen) atoms. The van der Waals surface area contributed by atoms with E-state index in [9.17, 15) is 9.18 Å². The minimum atomic E-state index is -0.250. The Bertz CT molecular complexity index is 491. The van der Waals surface area contributed by atoms with Gasteiger partial charge >= 0.3 is 0 Å². The predicted molar refractivity (Wildman–Crippen MR) is 86.1 cm³/mol. The number of piperazine rings is 1. The molecule has 2 rings (SSSR count). The van der Waals surface area contributed by atoms with E-state index < -0.39 is 0 Å². The minimum Gasteiger partial charge on any atom is -0.335 e. The molecule has 0 bridgehead atoms. The van der Waals surface area contributed by atoms with Crippen molar-refractivity contribution in [1.29, 1.82) is 0 Å². The van der Waals surface area contributed by atoms with Crippen molar-refractivity contribution < 1.29 is 9.18 Å². The first-order valence-corrected chi connectivity index (χ1v) is 8.02. The van der Waals surface area contributed by atoms with Crippen LogP contribution in [0.3, 0.4) is 0 Å². The van der Waals surface area contributed by atoms with Crippen LogP contribution in [0.1, 0.15) is 32.4 Å². The average Bonchev–Trinajstić information content (AvgIpc) is 2.51. The second-order valence-corrected chi connectivity index (χ2v) is 5.93. The first kappa shape index (κ1) is 16.9. The molecular formula is C17H26FN3O. The van der Waals surface area contributed by atoms with Gasteiger partial charge in [-0.1, -0.05) is 12.1 Å². The van der Waals surface area contributed by atoms with Gasteiger partial charge in [-0.15, -0.1) is 0 Å². The van der Waals surface area contributed by atoms with Gasteiger partial charge in [0, 0.05) is 32.2 Å². The van der Waals surface area contributed by atoms with Crippen LogP contribution in [0.5, 0.6) is 0 Å². The topological polar surface area (TPSA) is 35.6 Å². The molecule has 1 amide bonds. The summed E-state index contributed by atoms with van der Waals surface area (Å²) in [6.07, 6.45) is 0. The molecule has 0 saturated carbocycles. The summed E-state index contributed by atoms with van der Waals surface area (Å²) in [5, 5.41) is 3.33. The Morgan fingerprint density at radius 2 is 2.14 bits per heavy atom. The maximum absolute atomic E-state index is 13.1. The molecule has 122 valence electrons. The van der Waals surface area contributed by atoms with Crippen LogP contribution in [-0.4, -0.2) is 54.5 Å². The van der Waals surface area contributed by atoms with Gasteiger partial charge in [0.05, 0.1) is 12.6 Å². The van der Waals surface area contributed by atoms with Crippen LogP contribution in [-0.2, 0) is 4.79 Å². The number of amides is 1. The molecule has 0 radical (unpaired) electrons. The number of carbonyl (C=O) groups excluding carboxylic acids is 1.